The van der Waals surface area contributed by atoms with E-state index in [1.54, 1.807) is 0 Å². The van der Waals surface area contributed by atoms with Gasteiger partial charge in [0.25, 0.3) is 0 Å². The highest BCUT2D eigenvalue weighted by Gasteiger charge is 2.51. The predicted molar refractivity (Wildman–Crippen MR) is 95.2 cm³/mol. The number of carbonyl (C=O) groups is 1. The molecule has 1 aliphatic rings. The zero-order chi connectivity index (χ0) is 15.9. The van der Waals surface area contributed by atoms with Crippen molar-refractivity contribution < 1.29 is 14.4 Å². The van der Waals surface area contributed by atoms with Crippen LogP contribution in [0.4, 0.5) is 4.79 Å². The van der Waals surface area contributed by atoms with E-state index in [9.17, 15) is 9.90 Å². The number of rotatable bonds is 1. The van der Waals surface area contributed by atoms with Crippen molar-refractivity contribution in [2.45, 2.75) is 25.8 Å². The van der Waals surface area contributed by atoms with Gasteiger partial charge in [-0.2, -0.15) is 9.28 Å². The fourth-order valence-corrected chi connectivity index (χ4v) is 4.45. The summed E-state index contributed by atoms with van der Waals surface area (Å²) in [7, 11) is 0. The zero-order valence-electron chi connectivity index (χ0n) is 12.3. The van der Waals surface area contributed by atoms with Crippen molar-refractivity contribution in [2.24, 2.45) is 0 Å². The van der Waals surface area contributed by atoms with E-state index in [-0.39, 0.29) is 10.5 Å². The van der Waals surface area contributed by atoms with Gasteiger partial charge < -0.3 is 5.11 Å². The summed E-state index contributed by atoms with van der Waals surface area (Å²) >= 11 is 9.25. The minimum Gasteiger partial charge on any atom is -0.435 e. The van der Waals surface area contributed by atoms with E-state index in [1.165, 1.54) is 0 Å². The number of amides is 1. The molecule has 2 aromatic carbocycles. The third-order valence-corrected chi connectivity index (χ3v) is 5.93. The van der Waals surface area contributed by atoms with Gasteiger partial charge in [0.15, 0.2) is 0 Å². The minimum atomic E-state index is -0.845. The zero-order valence-corrected chi connectivity index (χ0v) is 14.7. The Kier molecular flexibility index (Phi) is 4.05. The molecule has 0 aliphatic carbocycles. The molecule has 2 aromatic rings. The first-order valence-electron chi connectivity index (χ1n) is 7.32. The Morgan fingerprint density at radius 3 is 2.59 bits per heavy atom. The summed E-state index contributed by atoms with van der Waals surface area (Å²) in [4.78, 5) is 12.5. The summed E-state index contributed by atoms with van der Waals surface area (Å²) in [6, 6.07) is 11.8. The molecule has 114 valence electrons. The van der Waals surface area contributed by atoms with Crippen LogP contribution in [-0.4, -0.2) is 33.3 Å². The molecule has 0 saturated carbocycles. The Morgan fingerprint density at radius 1 is 1.27 bits per heavy atom. The molecule has 2 atom stereocenters. The maximum atomic E-state index is 12.0. The number of carboxylic acid groups (broad SMARTS) is 1. The molecule has 3 rings (SSSR count). The van der Waals surface area contributed by atoms with Crippen molar-refractivity contribution in [3.63, 3.8) is 0 Å². The van der Waals surface area contributed by atoms with Crippen molar-refractivity contribution in [1.29, 1.82) is 0 Å². The molecule has 1 fully saturated rings. The fourth-order valence-electron chi connectivity index (χ4n) is 3.42. The highest BCUT2D eigenvalue weighted by Crippen LogP contribution is 2.34. The van der Waals surface area contributed by atoms with Gasteiger partial charge in [-0.15, -0.1) is 0 Å². The molecule has 0 radical (unpaired) electrons. The van der Waals surface area contributed by atoms with Gasteiger partial charge in [-0.25, -0.2) is 0 Å². The average molecular weight is 379 g/mol. The second-order valence-electron chi connectivity index (χ2n) is 5.81. The van der Waals surface area contributed by atoms with E-state index in [2.05, 4.69) is 15.9 Å². The summed E-state index contributed by atoms with van der Waals surface area (Å²) in [6.07, 6.45) is 0.935. The molecule has 0 spiro atoms. The van der Waals surface area contributed by atoms with Crippen LogP contribution in [0.15, 0.2) is 40.9 Å². The van der Waals surface area contributed by atoms with Gasteiger partial charge in [-0.1, -0.05) is 40.2 Å². The Hall–Kier alpha value is -1.30. The number of quaternary nitrogens is 1. The van der Waals surface area contributed by atoms with Crippen LogP contribution in [0.2, 0.25) is 0 Å². The van der Waals surface area contributed by atoms with Crippen LogP contribution in [0.3, 0.4) is 0 Å². The van der Waals surface area contributed by atoms with Gasteiger partial charge in [0.2, 0.25) is 4.99 Å². The summed E-state index contributed by atoms with van der Waals surface area (Å²) < 4.78 is 0.868. The second kappa shape index (κ2) is 5.72. The van der Waals surface area contributed by atoms with E-state index in [4.69, 9.17) is 12.2 Å². The summed E-state index contributed by atoms with van der Waals surface area (Å²) in [5.41, 5.74) is 0.852. The molecular formula is C17H17BrNO2S+. The summed E-state index contributed by atoms with van der Waals surface area (Å²) in [6.45, 7) is 2.55. The molecule has 1 amide bonds. The average Bonchev–Trinajstić information content (AvgIpc) is 2.89. The number of likely N-dealkylation sites (tertiary alicyclic amines) is 1. The van der Waals surface area contributed by atoms with Gasteiger partial charge in [-0.3, -0.25) is 0 Å². The quantitative estimate of drug-likeness (QED) is 0.563. The highest BCUT2D eigenvalue weighted by molar-refractivity contribution is 9.10. The van der Waals surface area contributed by atoms with Crippen LogP contribution in [-0.2, 0) is 0 Å². The van der Waals surface area contributed by atoms with E-state index >= 15 is 0 Å². The summed E-state index contributed by atoms with van der Waals surface area (Å²) in [5, 5.41) is 11.9. The topological polar surface area (TPSA) is 37.3 Å². The molecule has 3 nitrogen and oxygen atoms in total. The third-order valence-electron chi connectivity index (χ3n) is 4.69. The Bertz CT molecular complexity index is 776. The van der Waals surface area contributed by atoms with Crippen LogP contribution >= 0.6 is 28.1 Å². The van der Waals surface area contributed by atoms with Crippen LogP contribution in [0, 0.1) is 0 Å². The van der Waals surface area contributed by atoms with E-state index in [0.717, 1.165) is 33.7 Å². The van der Waals surface area contributed by atoms with Crippen LogP contribution in [0.25, 0.3) is 10.8 Å². The molecule has 5 heteroatoms. The number of hydrogen-bond donors (Lipinski definition) is 1. The van der Waals surface area contributed by atoms with Crippen molar-refractivity contribution in [1.82, 2.24) is 0 Å². The third kappa shape index (κ3) is 2.19. The molecule has 1 N–H and O–H groups in total. The normalized spacial score (nSPS) is 24.5. The highest BCUT2D eigenvalue weighted by atomic mass is 79.9. The Morgan fingerprint density at radius 2 is 1.95 bits per heavy atom. The lowest BCUT2D eigenvalue weighted by Crippen LogP contribution is -2.58. The van der Waals surface area contributed by atoms with Crippen LogP contribution < -0.4 is 0 Å². The molecule has 0 aromatic heterocycles. The number of fused-ring (bicyclic) bond motifs is 1. The van der Waals surface area contributed by atoms with Gasteiger partial charge in [0, 0.05) is 17.3 Å². The first kappa shape index (κ1) is 15.6. The fraction of sp³-hybridized carbons (Fsp3) is 0.294. The molecule has 1 heterocycles. The maximum absolute atomic E-state index is 12.0. The first-order valence-corrected chi connectivity index (χ1v) is 8.52. The van der Waals surface area contributed by atoms with E-state index in [0.29, 0.717) is 11.5 Å². The second-order valence-corrected chi connectivity index (χ2v) is 7.05. The predicted octanol–water partition coefficient (Wildman–Crippen LogP) is 4.95. The van der Waals surface area contributed by atoms with Gasteiger partial charge >= 0.3 is 6.09 Å². The SMILES string of the molecule is C[C@@H]1CCC[N+]1(C(=O)O)C(=S)c1cccc2c(Br)cccc12. The monoisotopic (exact) mass is 378 g/mol. The first-order chi connectivity index (χ1) is 10.5. The number of benzene rings is 2. The van der Waals surface area contributed by atoms with E-state index in [1.807, 2.05) is 43.3 Å². The lowest BCUT2D eigenvalue weighted by atomic mass is 10.0. The number of thiocarbonyl (C=S) groups is 1. The maximum Gasteiger partial charge on any atom is 0.519 e. The van der Waals surface area contributed by atoms with Crippen molar-refractivity contribution in [2.75, 3.05) is 6.54 Å². The van der Waals surface area contributed by atoms with Gasteiger partial charge in [-0.05, 0) is 42.0 Å². The smallest absolute Gasteiger partial charge is 0.435 e. The van der Waals surface area contributed by atoms with Crippen LogP contribution in [0.1, 0.15) is 25.3 Å². The number of halogens is 1. The van der Waals surface area contributed by atoms with Gasteiger partial charge in [0.05, 0.1) is 12.1 Å². The lowest BCUT2D eigenvalue weighted by Gasteiger charge is -2.32. The molecular weight excluding hydrogens is 362 g/mol. The Labute approximate surface area is 143 Å². The molecule has 1 saturated heterocycles. The molecule has 0 bridgehead atoms. The van der Waals surface area contributed by atoms with Crippen molar-refractivity contribution in [3.8, 4) is 0 Å². The lowest BCUT2D eigenvalue weighted by molar-refractivity contribution is -0.774. The largest absolute Gasteiger partial charge is 0.519 e. The number of hydrogen-bond acceptors (Lipinski definition) is 2. The van der Waals surface area contributed by atoms with E-state index < -0.39 is 6.09 Å². The summed E-state index contributed by atoms with van der Waals surface area (Å²) in [5.74, 6) is 0. The van der Waals surface area contributed by atoms with Crippen molar-refractivity contribution in [3.05, 3.63) is 46.4 Å². The molecule has 1 unspecified atom stereocenters. The Balaban J connectivity index is 2.21. The standard InChI is InChI=1S/C17H16BrNO2S/c1-11-5-4-10-19(11,17(20)21)16(22)14-8-2-7-13-12(14)6-3-9-15(13)18/h2-3,6-9,11H,4-5,10H2,1H3/p+1/t11-,19?/m1/s1. The number of nitrogens with zero attached hydrogens (tertiary/aromatic N) is 1. The van der Waals surface area contributed by atoms with Gasteiger partial charge in [0.1, 0.15) is 6.04 Å². The molecule has 22 heavy (non-hydrogen) atoms. The van der Waals surface area contributed by atoms with Crippen molar-refractivity contribution >= 4 is 50.0 Å². The molecule has 1 aliphatic heterocycles. The minimum absolute atomic E-state index is 0.00686. The van der Waals surface area contributed by atoms with Crippen LogP contribution in [0.5, 0.6) is 0 Å².